The first-order valence-corrected chi connectivity index (χ1v) is 11.4. The summed E-state index contributed by atoms with van der Waals surface area (Å²) in [5.41, 5.74) is 2.57. The summed E-state index contributed by atoms with van der Waals surface area (Å²) in [5, 5.41) is 6.49. The molecule has 0 spiro atoms. The highest BCUT2D eigenvalue weighted by molar-refractivity contribution is 7.89. The van der Waals surface area contributed by atoms with Gasteiger partial charge in [-0.15, -0.1) is 0 Å². The average molecular weight is 396 g/mol. The maximum absolute atomic E-state index is 11.4. The van der Waals surface area contributed by atoms with Crippen molar-refractivity contribution in [3.8, 4) is 0 Å². The molecule has 0 aromatic heterocycles. The van der Waals surface area contributed by atoms with Crippen LogP contribution in [0.5, 0.6) is 0 Å². The van der Waals surface area contributed by atoms with E-state index in [4.69, 9.17) is 0 Å². The van der Waals surface area contributed by atoms with Gasteiger partial charge in [-0.2, -0.15) is 0 Å². The first kappa shape index (κ1) is 21.7. The van der Waals surface area contributed by atoms with Crippen molar-refractivity contribution in [2.24, 2.45) is 4.99 Å². The molecule has 0 amide bonds. The summed E-state index contributed by atoms with van der Waals surface area (Å²) in [6.45, 7) is 6.88. The Morgan fingerprint density at radius 1 is 1.07 bits per heavy atom. The molecule has 3 N–H and O–H groups in total. The van der Waals surface area contributed by atoms with E-state index < -0.39 is 10.0 Å². The molecule has 0 aliphatic carbocycles. The molecule has 0 atom stereocenters. The molecule has 1 aromatic rings. The number of hydrogen-bond acceptors (Lipinski definition) is 4. The maximum atomic E-state index is 11.4. The van der Waals surface area contributed by atoms with Gasteiger partial charge in [-0.3, -0.25) is 9.89 Å². The first-order chi connectivity index (χ1) is 13.0. The number of rotatable bonds is 10. The van der Waals surface area contributed by atoms with Crippen LogP contribution in [0.3, 0.4) is 0 Å². The van der Waals surface area contributed by atoms with E-state index in [9.17, 15) is 8.42 Å². The Morgan fingerprint density at radius 3 is 2.37 bits per heavy atom. The van der Waals surface area contributed by atoms with Crippen molar-refractivity contribution in [1.82, 2.24) is 20.3 Å². The summed E-state index contributed by atoms with van der Waals surface area (Å²) in [6, 6.07) is 8.72. The zero-order valence-electron chi connectivity index (χ0n) is 16.5. The Kier molecular flexibility index (Phi) is 9.03. The van der Waals surface area contributed by atoms with Gasteiger partial charge in [0.2, 0.25) is 10.0 Å². The van der Waals surface area contributed by atoms with Crippen molar-refractivity contribution in [2.45, 2.75) is 39.3 Å². The van der Waals surface area contributed by atoms with Gasteiger partial charge in [0.1, 0.15) is 0 Å². The SMILES string of the molecule is CCS(=O)(=O)NCCCNC(=NC)NCc1ccc(CN2CCCC2)cc1. The zero-order valence-corrected chi connectivity index (χ0v) is 17.3. The van der Waals surface area contributed by atoms with Crippen LogP contribution in [0.25, 0.3) is 0 Å². The minimum atomic E-state index is -3.11. The van der Waals surface area contributed by atoms with Crippen LogP contribution in [0.2, 0.25) is 0 Å². The van der Waals surface area contributed by atoms with Crippen molar-refractivity contribution in [2.75, 3.05) is 39.0 Å². The lowest BCUT2D eigenvalue weighted by Crippen LogP contribution is -2.38. The van der Waals surface area contributed by atoms with E-state index in [1.807, 2.05) is 0 Å². The van der Waals surface area contributed by atoms with Crippen LogP contribution >= 0.6 is 0 Å². The van der Waals surface area contributed by atoms with Gasteiger partial charge < -0.3 is 10.6 Å². The van der Waals surface area contributed by atoms with Gasteiger partial charge in [-0.25, -0.2) is 13.1 Å². The minimum Gasteiger partial charge on any atom is -0.356 e. The van der Waals surface area contributed by atoms with Crippen molar-refractivity contribution >= 4 is 16.0 Å². The molecule has 1 saturated heterocycles. The van der Waals surface area contributed by atoms with Crippen molar-refractivity contribution < 1.29 is 8.42 Å². The lowest BCUT2D eigenvalue weighted by molar-refractivity contribution is 0.331. The summed E-state index contributed by atoms with van der Waals surface area (Å²) in [6.07, 6.45) is 3.34. The molecule has 0 bridgehead atoms. The monoisotopic (exact) mass is 395 g/mol. The van der Waals surface area contributed by atoms with E-state index in [2.05, 4.69) is 49.5 Å². The van der Waals surface area contributed by atoms with E-state index in [-0.39, 0.29) is 5.75 Å². The van der Waals surface area contributed by atoms with Crippen LogP contribution in [-0.2, 0) is 23.1 Å². The Hall–Kier alpha value is -1.64. The van der Waals surface area contributed by atoms with Gasteiger partial charge in [0.25, 0.3) is 0 Å². The Labute approximate surface area is 163 Å². The number of aliphatic imine (C=N–C) groups is 1. The van der Waals surface area contributed by atoms with E-state index >= 15 is 0 Å². The van der Waals surface area contributed by atoms with Gasteiger partial charge in [-0.1, -0.05) is 24.3 Å². The predicted molar refractivity (Wildman–Crippen MR) is 111 cm³/mol. The predicted octanol–water partition coefficient (Wildman–Crippen LogP) is 1.28. The quantitative estimate of drug-likeness (QED) is 0.316. The standard InChI is InChI=1S/C19H33N5O2S/c1-3-27(25,26)23-12-6-11-21-19(20-2)22-15-17-7-9-18(10-8-17)16-24-13-4-5-14-24/h7-10,23H,3-6,11-16H2,1-2H3,(H2,20,21,22). The van der Waals surface area contributed by atoms with Crippen LogP contribution in [0.1, 0.15) is 37.3 Å². The van der Waals surface area contributed by atoms with Gasteiger partial charge in [0.05, 0.1) is 5.75 Å². The summed E-state index contributed by atoms with van der Waals surface area (Å²) >= 11 is 0. The number of hydrogen-bond donors (Lipinski definition) is 3. The second-order valence-electron chi connectivity index (χ2n) is 6.80. The fourth-order valence-electron chi connectivity index (χ4n) is 2.99. The molecular formula is C19H33N5O2S. The maximum Gasteiger partial charge on any atom is 0.211 e. The molecule has 1 aliphatic rings. The van der Waals surface area contributed by atoms with E-state index in [0.29, 0.717) is 26.1 Å². The normalized spacial score (nSPS) is 15.9. The highest BCUT2D eigenvalue weighted by atomic mass is 32.2. The van der Waals surface area contributed by atoms with Crippen molar-refractivity contribution in [3.63, 3.8) is 0 Å². The molecular weight excluding hydrogens is 362 g/mol. The van der Waals surface area contributed by atoms with Crippen LogP contribution < -0.4 is 15.4 Å². The number of likely N-dealkylation sites (tertiary alicyclic amines) is 1. The number of sulfonamides is 1. The minimum absolute atomic E-state index is 0.112. The number of guanidine groups is 1. The molecule has 8 heteroatoms. The Balaban J connectivity index is 1.66. The lowest BCUT2D eigenvalue weighted by atomic mass is 10.1. The second kappa shape index (κ2) is 11.3. The van der Waals surface area contributed by atoms with E-state index in [1.54, 1.807) is 14.0 Å². The second-order valence-corrected chi connectivity index (χ2v) is 8.90. The highest BCUT2D eigenvalue weighted by Gasteiger charge is 2.11. The van der Waals surface area contributed by atoms with Crippen molar-refractivity contribution in [3.05, 3.63) is 35.4 Å². The summed E-state index contributed by atoms with van der Waals surface area (Å²) < 4.78 is 25.3. The third-order valence-electron chi connectivity index (χ3n) is 4.66. The highest BCUT2D eigenvalue weighted by Crippen LogP contribution is 2.13. The first-order valence-electron chi connectivity index (χ1n) is 9.74. The fraction of sp³-hybridized carbons (Fsp3) is 0.632. The fourth-order valence-corrected chi connectivity index (χ4v) is 3.65. The number of nitrogens with one attached hydrogen (secondary N) is 3. The smallest absolute Gasteiger partial charge is 0.211 e. The Morgan fingerprint density at radius 2 is 1.74 bits per heavy atom. The largest absolute Gasteiger partial charge is 0.356 e. The number of nitrogens with zero attached hydrogens (tertiary/aromatic N) is 2. The molecule has 27 heavy (non-hydrogen) atoms. The van der Waals surface area contributed by atoms with Gasteiger partial charge >= 0.3 is 0 Å². The third-order valence-corrected chi connectivity index (χ3v) is 6.06. The number of benzene rings is 1. The molecule has 0 saturated carbocycles. The summed E-state index contributed by atoms with van der Waals surface area (Å²) in [4.78, 5) is 6.70. The van der Waals surface area contributed by atoms with E-state index in [1.165, 1.54) is 37.1 Å². The zero-order chi connectivity index (χ0) is 19.5. The summed E-state index contributed by atoms with van der Waals surface area (Å²) in [7, 11) is -1.38. The molecule has 1 fully saturated rings. The van der Waals surface area contributed by atoms with Crippen LogP contribution in [0.4, 0.5) is 0 Å². The van der Waals surface area contributed by atoms with Gasteiger partial charge in [0, 0.05) is 33.2 Å². The van der Waals surface area contributed by atoms with Gasteiger partial charge in [0.15, 0.2) is 5.96 Å². The Bertz CT molecular complexity index is 683. The summed E-state index contributed by atoms with van der Waals surface area (Å²) in [5.74, 6) is 0.829. The van der Waals surface area contributed by atoms with Crippen LogP contribution in [0.15, 0.2) is 29.3 Å². The molecule has 1 aliphatic heterocycles. The molecule has 1 heterocycles. The molecule has 2 rings (SSSR count). The third kappa shape index (κ3) is 8.28. The van der Waals surface area contributed by atoms with Crippen LogP contribution in [-0.4, -0.2) is 58.3 Å². The average Bonchev–Trinajstić information content (AvgIpc) is 3.18. The van der Waals surface area contributed by atoms with E-state index in [0.717, 1.165) is 12.5 Å². The van der Waals surface area contributed by atoms with Crippen LogP contribution in [0, 0.1) is 0 Å². The molecule has 152 valence electrons. The van der Waals surface area contributed by atoms with Gasteiger partial charge in [-0.05, 0) is 50.4 Å². The molecule has 7 nitrogen and oxygen atoms in total. The molecule has 1 aromatic carbocycles. The topological polar surface area (TPSA) is 85.8 Å². The molecule has 0 unspecified atom stereocenters. The lowest BCUT2D eigenvalue weighted by Gasteiger charge is -2.15. The molecule has 0 radical (unpaired) electrons. The van der Waals surface area contributed by atoms with Crippen molar-refractivity contribution in [1.29, 1.82) is 0 Å².